The summed E-state index contributed by atoms with van der Waals surface area (Å²) in [6, 6.07) is 1.89. The first-order valence-electron chi connectivity index (χ1n) is 6.28. The zero-order chi connectivity index (χ0) is 14.9. The number of halogens is 3. The highest BCUT2D eigenvalue weighted by atomic mass is 79.9. The topological polar surface area (TPSA) is 35.5 Å². The van der Waals surface area contributed by atoms with E-state index < -0.39 is 0 Å². The number of hydrogen-bond acceptors (Lipinski definition) is 3. The summed E-state index contributed by atoms with van der Waals surface area (Å²) in [5, 5.41) is 0. The van der Waals surface area contributed by atoms with E-state index in [2.05, 4.69) is 47.8 Å². The fourth-order valence-corrected chi connectivity index (χ4v) is 4.31. The number of benzene rings is 1. The maximum Gasteiger partial charge on any atom is 0.176 e. The summed E-state index contributed by atoms with van der Waals surface area (Å²) in [7, 11) is 3.19. The number of carbonyl (C=O) groups is 1. The SMILES string of the molecule is COc1cc(C2CCCC(Br)C2=O)c(Br)c(Br)c1OC. The highest BCUT2D eigenvalue weighted by Gasteiger charge is 2.33. The molecule has 1 aliphatic rings. The van der Waals surface area contributed by atoms with E-state index in [4.69, 9.17) is 9.47 Å². The van der Waals surface area contributed by atoms with E-state index in [9.17, 15) is 4.79 Å². The van der Waals surface area contributed by atoms with Gasteiger partial charge in [0.25, 0.3) is 0 Å². The van der Waals surface area contributed by atoms with Gasteiger partial charge in [-0.1, -0.05) is 22.4 Å². The molecule has 0 aliphatic heterocycles. The van der Waals surface area contributed by atoms with Crippen LogP contribution >= 0.6 is 47.8 Å². The van der Waals surface area contributed by atoms with Crippen molar-refractivity contribution in [2.45, 2.75) is 30.0 Å². The molecule has 6 heteroatoms. The van der Waals surface area contributed by atoms with Crippen molar-refractivity contribution in [1.82, 2.24) is 0 Å². The van der Waals surface area contributed by atoms with Gasteiger partial charge in [-0.25, -0.2) is 0 Å². The lowest BCUT2D eigenvalue weighted by Crippen LogP contribution is -2.27. The second-order valence-electron chi connectivity index (χ2n) is 4.68. The summed E-state index contributed by atoms with van der Waals surface area (Å²) in [4.78, 5) is 12.3. The first-order valence-corrected chi connectivity index (χ1v) is 8.79. The Balaban J connectivity index is 2.51. The molecule has 0 N–H and O–H groups in total. The minimum atomic E-state index is -0.112. The molecule has 0 saturated heterocycles. The van der Waals surface area contributed by atoms with Crippen LogP contribution in [0.25, 0.3) is 0 Å². The maximum absolute atomic E-state index is 12.4. The molecule has 0 aromatic heterocycles. The molecule has 1 saturated carbocycles. The van der Waals surface area contributed by atoms with Crippen LogP contribution in [-0.2, 0) is 4.79 Å². The molecular weight excluding hydrogens is 456 g/mol. The van der Waals surface area contributed by atoms with E-state index in [1.807, 2.05) is 6.07 Å². The number of methoxy groups -OCH3 is 2. The number of hydrogen-bond donors (Lipinski definition) is 0. The van der Waals surface area contributed by atoms with Gasteiger partial charge in [-0.05, 0) is 56.3 Å². The number of ether oxygens (including phenoxy) is 2. The Morgan fingerprint density at radius 2 is 1.85 bits per heavy atom. The van der Waals surface area contributed by atoms with Crippen LogP contribution in [0.1, 0.15) is 30.7 Å². The van der Waals surface area contributed by atoms with Crippen molar-refractivity contribution in [1.29, 1.82) is 0 Å². The Kier molecular flexibility index (Phi) is 5.54. The van der Waals surface area contributed by atoms with Gasteiger partial charge in [-0.3, -0.25) is 4.79 Å². The van der Waals surface area contributed by atoms with Gasteiger partial charge in [0, 0.05) is 10.4 Å². The molecule has 0 radical (unpaired) electrons. The van der Waals surface area contributed by atoms with Crippen molar-refractivity contribution in [2.24, 2.45) is 0 Å². The summed E-state index contributed by atoms with van der Waals surface area (Å²) < 4.78 is 12.3. The predicted octanol–water partition coefficient (Wildman–Crippen LogP) is 4.83. The first-order chi connectivity index (χ1) is 9.51. The summed E-state index contributed by atoms with van der Waals surface area (Å²) in [6.07, 6.45) is 2.80. The maximum atomic E-state index is 12.4. The third-order valence-electron chi connectivity index (χ3n) is 3.56. The number of alkyl halides is 1. The van der Waals surface area contributed by atoms with Gasteiger partial charge < -0.3 is 9.47 Å². The Bertz CT molecular complexity index is 531. The molecule has 1 aromatic carbocycles. The molecule has 0 spiro atoms. The third-order valence-corrected chi connectivity index (χ3v) is 6.61. The van der Waals surface area contributed by atoms with Gasteiger partial charge in [0.05, 0.1) is 23.5 Å². The van der Waals surface area contributed by atoms with Crippen LogP contribution in [0.2, 0.25) is 0 Å². The van der Waals surface area contributed by atoms with Crippen LogP contribution < -0.4 is 9.47 Å². The van der Waals surface area contributed by atoms with Crippen molar-refractivity contribution in [2.75, 3.05) is 14.2 Å². The van der Waals surface area contributed by atoms with Crippen LogP contribution in [-0.4, -0.2) is 24.8 Å². The second kappa shape index (κ2) is 6.79. The van der Waals surface area contributed by atoms with Crippen LogP contribution in [0, 0.1) is 0 Å². The molecule has 2 rings (SSSR count). The van der Waals surface area contributed by atoms with Crippen molar-refractivity contribution >= 4 is 53.6 Å². The van der Waals surface area contributed by atoms with E-state index in [-0.39, 0.29) is 16.5 Å². The number of carbonyl (C=O) groups excluding carboxylic acids is 1. The Morgan fingerprint density at radius 1 is 1.15 bits per heavy atom. The van der Waals surface area contributed by atoms with Gasteiger partial charge in [-0.15, -0.1) is 0 Å². The zero-order valence-corrected chi connectivity index (χ0v) is 16.0. The molecule has 20 heavy (non-hydrogen) atoms. The standard InChI is InChI=1S/C14H15Br3O3/c1-19-10-6-8(11(16)12(17)14(10)20-2)7-4-3-5-9(15)13(7)18/h6-7,9H,3-5H2,1-2H3. The molecule has 3 nitrogen and oxygen atoms in total. The van der Waals surface area contributed by atoms with Gasteiger partial charge >= 0.3 is 0 Å². The van der Waals surface area contributed by atoms with Gasteiger partial charge in [0.1, 0.15) is 0 Å². The molecule has 2 atom stereocenters. The normalized spacial score (nSPS) is 22.8. The summed E-state index contributed by atoms with van der Waals surface area (Å²) in [5.74, 6) is 1.37. The van der Waals surface area contributed by atoms with Crippen molar-refractivity contribution in [3.63, 3.8) is 0 Å². The number of rotatable bonds is 3. The zero-order valence-electron chi connectivity index (χ0n) is 11.2. The van der Waals surface area contributed by atoms with E-state index >= 15 is 0 Å². The Hall–Kier alpha value is -0.0700. The van der Waals surface area contributed by atoms with Crippen molar-refractivity contribution in [3.05, 3.63) is 20.6 Å². The molecule has 2 unspecified atom stereocenters. The second-order valence-corrected chi connectivity index (χ2v) is 7.37. The van der Waals surface area contributed by atoms with Gasteiger partial charge in [0.2, 0.25) is 0 Å². The molecule has 1 aliphatic carbocycles. The summed E-state index contributed by atoms with van der Waals surface area (Å²) >= 11 is 10.5. The predicted molar refractivity (Wildman–Crippen MR) is 89.3 cm³/mol. The molecule has 1 aromatic rings. The fraction of sp³-hybridized carbons (Fsp3) is 0.500. The largest absolute Gasteiger partial charge is 0.493 e. The minimum Gasteiger partial charge on any atom is -0.493 e. The lowest BCUT2D eigenvalue weighted by atomic mass is 9.83. The van der Waals surface area contributed by atoms with Crippen LogP contribution in [0.3, 0.4) is 0 Å². The number of ketones is 1. The highest BCUT2D eigenvalue weighted by Crippen LogP contribution is 2.47. The monoisotopic (exact) mass is 468 g/mol. The molecular formula is C14H15Br3O3. The molecule has 1 fully saturated rings. The quantitative estimate of drug-likeness (QED) is 0.594. The Morgan fingerprint density at radius 3 is 2.45 bits per heavy atom. The van der Waals surface area contributed by atoms with Gasteiger partial charge in [0.15, 0.2) is 17.3 Å². The van der Waals surface area contributed by atoms with E-state index in [0.717, 1.165) is 33.8 Å². The highest BCUT2D eigenvalue weighted by molar-refractivity contribution is 9.13. The van der Waals surface area contributed by atoms with Crippen LogP contribution in [0.5, 0.6) is 11.5 Å². The average molecular weight is 471 g/mol. The lowest BCUT2D eigenvalue weighted by molar-refractivity contribution is -0.121. The Labute approximate surface area is 143 Å². The molecule has 0 bridgehead atoms. The first kappa shape index (κ1) is 16.3. The summed E-state index contributed by atoms with van der Waals surface area (Å²) in [6.45, 7) is 0. The molecule has 110 valence electrons. The lowest BCUT2D eigenvalue weighted by Gasteiger charge is -2.26. The molecule has 0 heterocycles. The van der Waals surface area contributed by atoms with Gasteiger partial charge in [-0.2, -0.15) is 0 Å². The third kappa shape index (κ3) is 2.92. The van der Waals surface area contributed by atoms with Crippen molar-refractivity contribution < 1.29 is 14.3 Å². The molecule has 0 amide bonds. The van der Waals surface area contributed by atoms with Crippen LogP contribution in [0.15, 0.2) is 15.0 Å². The minimum absolute atomic E-state index is 0.0555. The van der Waals surface area contributed by atoms with Crippen molar-refractivity contribution in [3.8, 4) is 11.5 Å². The smallest absolute Gasteiger partial charge is 0.176 e. The van der Waals surface area contributed by atoms with E-state index in [1.54, 1.807) is 14.2 Å². The average Bonchev–Trinajstić information content (AvgIpc) is 2.45. The summed E-state index contributed by atoms with van der Waals surface area (Å²) in [5.41, 5.74) is 0.948. The number of Topliss-reactive ketones (excluding diaryl/α,β-unsaturated/α-hetero) is 1. The fourth-order valence-electron chi connectivity index (χ4n) is 2.51. The van der Waals surface area contributed by atoms with Crippen LogP contribution in [0.4, 0.5) is 0 Å². The van der Waals surface area contributed by atoms with E-state index in [1.165, 1.54) is 0 Å². The van der Waals surface area contributed by atoms with E-state index in [0.29, 0.717) is 11.5 Å².